The maximum Gasteiger partial charge on any atom is 0.220 e. The van der Waals surface area contributed by atoms with Crippen molar-refractivity contribution < 1.29 is 14.0 Å². The summed E-state index contributed by atoms with van der Waals surface area (Å²) in [5.41, 5.74) is 4.20. The summed E-state index contributed by atoms with van der Waals surface area (Å²) in [6.07, 6.45) is 4.39. The van der Waals surface area contributed by atoms with Gasteiger partial charge in [-0.3, -0.25) is 9.59 Å². The number of hydrogen-bond donors (Lipinski definition) is 2. The first kappa shape index (κ1) is 18.7. The van der Waals surface area contributed by atoms with Crippen LogP contribution in [0.2, 0.25) is 0 Å². The minimum atomic E-state index is -0.419. The van der Waals surface area contributed by atoms with Gasteiger partial charge in [0.1, 0.15) is 5.76 Å². The fourth-order valence-electron chi connectivity index (χ4n) is 4.83. The lowest BCUT2D eigenvalue weighted by Crippen LogP contribution is -2.44. The predicted octanol–water partition coefficient (Wildman–Crippen LogP) is 4.14. The van der Waals surface area contributed by atoms with Crippen LogP contribution < -0.4 is 10.6 Å². The van der Waals surface area contributed by atoms with Gasteiger partial charge in [0, 0.05) is 24.8 Å². The highest BCUT2D eigenvalue weighted by Gasteiger charge is 2.39. The lowest BCUT2D eigenvalue weighted by atomic mass is 9.87. The highest BCUT2D eigenvalue weighted by atomic mass is 16.3. The maximum absolute atomic E-state index is 13.0. The number of carbonyl (C=O) groups is 2. The van der Waals surface area contributed by atoms with Crippen LogP contribution in [0.15, 0.2) is 71.3 Å². The standard InChI is InChI=1S/C25H24N2O3/c28-22(11-13-25(14-12-23(29)27-25)16-17-6-5-15-30-17)26-24-20-9-3-1-7-18(20)19-8-2-4-10-21(19)24/h1-10,15,24H,11-14,16H2,(H,26,28)(H,27,29)/t25-/m1/s1. The van der Waals surface area contributed by atoms with E-state index in [2.05, 4.69) is 34.9 Å². The highest BCUT2D eigenvalue weighted by molar-refractivity contribution is 5.84. The van der Waals surface area contributed by atoms with Crippen molar-refractivity contribution in [1.29, 1.82) is 0 Å². The van der Waals surface area contributed by atoms with Gasteiger partial charge in [-0.05, 0) is 47.2 Å². The third-order valence-corrected chi connectivity index (χ3v) is 6.30. The summed E-state index contributed by atoms with van der Waals surface area (Å²) in [6.45, 7) is 0. The molecule has 2 amide bonds. The average Bonchev–Trinajstić information content (AvgIpc) is 3.47. The van der Waals surface area contributed by atoms with Gasteiger partial charge in [0.15, 0.2) is 0 Å². The number of benzene rings is 2. The molecule has 3 aromatic rings. The first-order valence-corrected chi connectivity index (χ1v) is 10.4. The Morgan fingerprint density at radius 3 is 2.33 bits per heavy atom. The van der Waals surface area contributed by atoms with E-state index in [1.165, 1.54) is 11.1 Å². The molecule has 0 saturated carbocycles. The lowest BCUT2D eigenvalue weighted by Gasteiger charge is -2.28. The molecule has 2 N–H and O–H groups in total. The number of furan rings is 1. The van der Waals surface area contributed by atoms with E-state index in [4.69, 9.17) is 4.42 Å². The number of hydrogen-bond acceptors (Lipinski definition) is 3. The van der Waals surface area contributed by atoms with Gasteiger partial charge in [0.25, 0.3) is 0 Å². The molecule has 1 saturated heterocycles. The quantitative estimate of drug-likeness (QED) is 0.653. The zero-order valence-electron chi connectivity index (χ0n) is 16.7. The monoisotopic (exact) mass is 400 g/mol. The van der Waals surface area contributed by atoms with E-state index in [9.17, 15) is 9.59 Å². The molecule has 5 heteroatoms. The van der Waals surface area contributed by atoms with Crippen LogP contribution in [0, 0.1) is 0 Å². The van der Waals surface area contributed by atoms with Gasteiger partial charge in [-0.25, -0.2) is 0 Å². The molecule has 1 aliphatic carbocycles. The number of rotatable bonds is 6. The zero-order chi connectivity index (χ0) is 20.6. The summed E-state index contributed by atoms with van der Waals surface area (Å²) in [6, 6.07) is 20.1. The van der Waals surface area contributed by atoms with Gasteiger partial charge in [-0.1, -0.05) is 48.5 Å². The van der Waals surface area contributed by atoms with Gasteiger partial charge >= 0.3 is 0 Å². The minimum Gasteiger partial charge on any atom is -0.469 e. The van der Waals surface area contributed by atoms with Gasteiger partial charge in [-0.15, -0.1) is 0 Å². The van der Waals surface area contributed by atoms with E-state index in [-0.39, 0.29) is 17.9 Å². The topological polar surface area (TPSA) is 71.3 Å². The molecule has 1 aromatic heterocycles. The molecule has 1 aliphatic heterocycles. The van der Waals surface area contributed by atoms with Crippen molar-refractivity contribution in [2.24, 2.45) is 0 Å². The van der Waals surface area contributed by atoms with Crippen LogP contribution in [0.25, 0.3) is 11.1 Å². The van der Waals surface area contributed by atoms with Crippen molar-refractivity contribution in [1.82, 2.24) is 10.6 Å². The molecular formula is C25H24N2O3. The van der Waals surface area contributed by atoms with E-state index >= 15 is 0 Å². The average molecular weight is 400 g/mol. The first-order chi connectivity index (χ1) is 14.6. The van der Waals surface area contributed by atoms with E-state index in [0.717, 1.165) is 23.3 Å². The van der Waals surface area contributed by atoms with E-state index < -0.39 is 5.54 Å². The fraction of sp³-hybridized carbons (Fsp3) is 0.280. The lowest BCUT2D eigenvalue weighted by molar-refractivity contribution is -0.123. The molecule has 0 unspecified atom stereocenters. The number of carbonyl (C=O) groups excluding carboxylic acids is 2. The number of fused-ring (bicyclic) bond motifs is 3. The molecule has 0 radical (unpaired) electrons. The van der Waals surface area contributed by atoms with Crippen molar-refractivity contribution in [3.05, 3.63) is 83.8 Å². The van der Waals surface area contributed by atoms with Crippen LogP contribution in [0.5, 0.6) is 0 Å². The van der Waals surface area contributed by atoms with Crippen molar-refractivity contribution in [2.45, 2.75) is 43.7 Å². The molecule has 2 aliphatic rings. The number of nitrogens with one attached hydrogen (secondary N) is 2. The van der Waals surface area contributed by atoms with Crippen molar-refractivity contribution in [3.63, 3.8) is 0 Å². The van der Waals surface area contributed by atoms with E-state index in [1.807, 2.05) is 36.4 Å². The van der Waals surface area contributed by atoms with Gasteiger partial charge in [-0.2, -0.15) is 0 Å². The summed E-state index contributed by atoms with van der Waals surface area (Å²) in [4.78, 5) is 24.9. The normalized spacial score (nSPS) is 19.9. The second-order valence-corrected chi connectivity index (χ2v) is 8.26. The zero-order valence-corrected chi connectivity index (χ0v) is 16.7. The SMILES string of the molecule is O=C(CC[C@]1(Cc2ccco2)CCC(=O)N1)NC1c2ccccc2-c2ccccc21. The molecule has 30 heavy (non-hydrogen) atoms. The maximum atomic E-state index is 13.0. The summed E-state index contributed by atoms with van der Waals surface area (Å²) >= 11 is 0. The van der Waals surface area contributed by atoms with Crippen molar-refractivity contribution >= 4 is 11.8 Å². The van der Waals surface area contributed by atoms with Gasteiger partial charge < -0.3 is 15.1 Å². The number of amides is 2. The Morgan fingerprint density at radius 2 is 1.73 bits per heavy atom. The molecule has 1 atom stereocenters. The van der Waals surface area contributed by atoms with Crippen LogP contribution >= 0.6 is 0 Å². The van der Waals surface area contributed by atoms with E-state index in [1.54, 1.807) is 6.26 Å². The molecule has 0 bridgehead atoms. The summed E-state index contributed by atoms with van der Waals surface area (Å²) in [5.74, 6) is 0.864. The Morgan fingerprint density at radius 1 is 1.03 bits per heavy atom. The van der Waals surface area contributed by atoms with Crippen LogP contribution in [-0.4, -0.2) is 17.4 Å². The molecule has 152 valence electrons. The van der Waals surface area contributed by atoms with Crippen LogP contribution in [0.1, 0.15) is 48.6 Å². The van der Waals surface area contributed by atoms with Gasteiger partial charge in [0.2, 0.25) is 11.8 Å². The molecule has 2 heterocycles. The minimum absolute atomic E-state index is 0.00789. The highest BCUT2D eigenvalue weighted by Crippen LogP contribution is 2.43. The third-order valence-electron chi connectivity index (χ3n) is 6.30. The summed E-state index contributed by atoms with van der Waals surface area (Å²) in [7, 11) is 0. The predicted molar refractivity (Wildman–Crippen MR) is 114 cm³/mol. The summed E-state index contributed by atoms with van der Waals surface area (Å²) in [5, 5.41) is 6.33. The van der Waals surface area contributed by atoms with E-state index in [0.29, 0.717) is 25.7 Å². The molecule has 0 spiro atoms. The van der Waals surface area contributed by atoms with Crippen molar-refractivity contribution in [2.75, 3.05) is 0 Å². The second kappa shape index (κ2) is 7.48. The third kappa shape index (κ3) is 3.41. The second-order valence-electron chi connectivity index (χ2n) is 8.26. The Hall–Kier alpha value is -3.34. The summed E-state index contributed by atoms with van der Waals surface area (Å²) < 4.78 is 5.50. The Balaban J connectivity index is 1.31. The smallest absolute Gasteiger partial charge is 0.220 e. The molecular weight excluding hydrogens is 376 g/mol. The molecule has 1 fully saturated rings. The fourth-order valence-corrected chi connectivity index (χ4v) is 4.83. The molecule has 5 rings (SSSR count). The van der Waals surface area contributed by atoms with Crippen LogP contribution in [0.4, 0.5) is 0 Å². The van der Waals surface area contributed by atoms with Gasteiger partial charge in [0.05, 0.1) is 12.3 Å². The first-order valence-electron chi connectivity index (χ1n) is 10.4. The molecule has 5 nitrogen and oxygen atoms in total. The molecule has 2 aromatic carbocycles. The Labute approximate surface area is 175 Å². The largest absolute Gasteiger partial charge is 0.469 e. The Kier molecular flexibility index (Phi) is 4.66. The van der Waals surface area contributed by atoms with Crippen LogP contribution in [0.3, 0.4) is 0 Å². The van der Waals surface area contributed by atoms with Crippen LogP contribution in [-0.2, 0) is 16.0 Å². The Bertz CT molecular complexity index is 1040. The van der Waals surface area contributed by atoms with Crippen molar-refractivity contribution in [3.8, 4) is 11.1 Å².